The van der Waals surface area contributed by atoms with Gasteiger partial charge in [-0.05, 0) is 0 Å². The Morgan fingerprint density at radius 3 is 1.50 bits per heavy atom. The van der Waals surface area contributed by atoms with Gasteiger partial charge in [0.1, 0.15) is 0 Å². The van der Waals surface area contributed by atoms with Gasteiger partial charge in [-0.25, -0.2) is 0 Å². The van der Waals surface area contributed by atoms with Gasteiger partial charge in [0.15, 0.2) is 0 Å². The van der Waals surface area contributed by atoms with E-state index in [2.05, 4.69) is 3.48 Å². The van der Waals surface area contributed by atoms with Gasteiger partial charge in [0.2, 0.25) is 0 Å². The summed E-state index contributed by atoms with van der Waals surface area (Å²) >= 11 is 0.160. The van der Waals surface area contributed by atoms with E-state index in [1.807, 2.05) is 0 Å². The molecule has 0 atom stereocenters. The average molecular weight is 124 g/mol. The van der Waals surface area contributed by atoms with Crippen molar-refractivity contribution in [1.82, 2.24) is 0 Å². The highest BCUT2D eigenvalue weighted by Crippen LogP contribution is 1.79. The largest absolute Gasteiger partial charge is 0.641 e. The Hall–Kier alpha value is 0.589. The number of rotatable bonds is 1. The summed E-state index contributed by atoms with van der Waals surface area (Å²) in [4.78, 5) is 23.7. The highest BCUT2D eigenvalue weighted by atomic mass is 28.4. The van der Waals surface area contributed by atoms with Crippen molar-refractivity contribution in [1.29, 1.82) is 0 Å². The van der Waals surface area contributed by atoms with Gasteiger partial charge in [0, 0.05) is 0 Å². The van der Waals surface area contributed by atoms with Crippen molar-refractivity contribution >= 4 is 25.7 Å². The van der Waals surface area contributed by atoms with Gasteiger partial charge in [0.05, 0.1) is 0 Å². The molecule has 0 radical (unpaired) electrons. The van der Waals surface area contributed by atoms with E-state index in [9.17, 15) is 0 Å². The van der Waals surface area contributed by atoms with Crippen LogP contribution in [-0.2, 0) is 3.48 Å². The minimum atomic E-state index is -4.07. The third kappa shape index (κ3) is 4.59. The molecule has 0 saturated carbocycles. The maximum atomic E-state index is 7.89. The molecule has 0 aromatic heterocycles. The third-order valence-corrected chi connectivity index (χ3v) is 2.46. The standard InChI is InChI=1S/Al.H3O4Si.2H/c;1-5(2,3)4;;/h;1-3H;;/q+1;-1;;. The minimum Gasteiger partial charge on any atom is -0.487 e. The lowest BCUT2D eigenvalue weighted by Crippen LogP contribution is -2.37. The summed E-state index contributed by atoms with van der Waals surface area (Å²) in [6.45, 7) is 0. The highest BCUT2D eigenvalue weighted by molar-refractivity contribution is 6.52. The second kappa shape index (κ2) is 2.04. The van der Waals surface area contributed by atoms with Crippen molar-refractivity contribution in [3.8, 4) is 0 Å². The summed E-state index contributed by atoms with van der Waals surface area (Å²) in [6, 6.07) is 0. The Kier molecular flexibility index (Phi) is 2.24. The van der Waals surface area contributed by atoms with E-state index in [4.69, 9.17) is 14.4 Å². The maximum Gasteiger partial charge on any atom is 0.641 e. The van der Waals surface area contributed by atoms with Crippen LogP contribution in [0.4, 0.5) is 0 Å². The fourth-order valence-electron chi connectivity index (χ4n) is 0. The van der Waals surface area contributed by atoms with E-state index in [1.165, 1.54) is 0 Å². The molecular weight excluding hydrogens is 119 g/mol. The predicted octanol–water partition coefficient (Wildman–Crippen LogP) is -3.04. The third-order valence-electron chi connectivity index (χ3n) is 0.274. The van der Waals surface area contributed by atoms with Crippen LogP contribution in [0.3, 0.4) is 0 Å². The van der Waals surface area contributed by atoms with E-state index in [0.717, 1.165) is 0 Å². The first-order chi connectivity index (χ1) is 2.56. The summed E-state index contributed by atoms with van der Waals surface area (Å²) in [6.07, 6.45) is 0. The van der Waals surface area contributed by atoms with Gasteiger partial charge >= 0.3 is 25.7 Å². The molecule has 0 bridgehead atoms. The van der Waals surface area contributed by atoms with Crippen LogP contribution in [0.2, 0.25) is 0 Å². The first-order valence-electron chi connectivity index (χ1n) is 1.28. The lowest BCUT2D eigenvalue weighted by molar-refractivity contribution is 0.134. The monoisotopic (exact) mass is 124 g/mol. The normalized spacial score (nSPS) is 11.8. The second-order valence-electron chi connectivity index (χ2n) is 0.778. The maximum absolute atomic E-state index is 7.89. The Morgan fingerprint density at radius 1 is 1.33 bits per heavy atom. The quantitative estimate of drug-likeness (QED) is 0.325. The van der Waals surface area contributed by atoms with Crippen LogP contribution in [0.1, 0.15) is 0 Å². The van der Waals surface area contributed by atoms with Crippen molar-refractivity contribution in [2.45, 2.75) is 0 Å². The Balaban J connectivity index is 3.17. The SMILES string of the molecule is O[Si](O)(O)[O][AlH2]. The molecule has 0 spiro atoms. The van der Waals surface area contributed by atoms with Crippen LogP contribution in [-0.4, -0.2) is 40.1 Å². The molecule has 0 rings (SSSR count). The topological polar surface area (TPSA) is 69.9 Å². The molecule has 3 N–H and O–H groups in total. The van der Waals surface area contributed by atoms with Crippen LogP contribution in [0.5, 0.6) is 0 Å². The van der Waals surface area contributed by atoms with Gasteiger partial charge in [0.25, 0.3) is 0 Å². The van der Waals surface area contributed by atoms with E-state index < -0.39 is 9.05 Å². The molecule has 4 nitrogen and oxygen atoms in total. The molecule has 6 heavy (non-hydrogen) atoms. The molecule has 0 aliphatic rings. The summed E-state index contributed by atoms with van der Waals surface area (Å²) in [5, 5.41) is 0. The van der Waals surface area contributed by atoms with E-state index in [1.54, 1.807) is 0 Å². The molecule has 0 aromatic rings. The Morgan fingerprint density at radius 2 is 1.50 bits per heavy atom. The van der Waals surface area contributed by atoms with Crippen LogP contribution in [0.25, 0.3) is 0 Å². The lowest BCUT2D eigenvalue weighted by Gasteiger charge is -2.03. The van der Waals surface area contributed by atoms with E-state index >= 15 is 0 Å². The molecule has 0 fully saturated rings. The smallest absolute Gasteiger partial charge is 0.487 e. The molecule has 6 heteroatoms. The zero-order valence-corrected chi connectivity index (χ0v) is 6.25. The summed E-state index contributed by atoms with van der Waals surface area (Å²) < 4.78 is 3.88. The van der Waals surface area contributed by atoms with Gasteiger partial charge in [-0.15, -0.1) is 0 Å². The summed E-state index contributed by atoms with van der Waals surface area (Å²) in [5.74, 6) is 0. The van der Waals surface area contributed by atoms with Crippen LogP contribution in [0.15, 0.2) is 0 Å². The zero-order valence-electron chi connectivity index (χ0n) is 3.25. The number of hydrogen-bond acceptors (Lipinski definition) is 4. The molecule has 0 aliphatic heterocycles. The molecule has 0 saturated heterocycles. The molecule has 36 valence electrons. The van der Waals surface area contributed by atoms with Crippen LogP contribution < -0.4 is 0 Å². The van der Waals surface area contributed by atoms with Crippen molar-refractivity contribution in [2.24, 2.45) is 0 Å². The summed E-state index contributed by atoms with van der Waals surface area (Å²) in [7, 11) is -4.07. The molecule has 0 aromatic carbocycles. The molecule has 0 unspecified atom stereocenters. The highest BCUT2D eigenvalue weighted by Gasteiger charge is 2.25. The first kappa shape index (κ1) is 6.59. The molecule has 0 aliphatic carbocycles. The lowest BCUT2D eigenvalue weighted by atomic mass is 15.7. The van der Waals surface area contributed by atoms with Crippen LogP contribution >= 0.6 is 0 Å². The fourth-order valence-corrected chi connectivity index (χ4v) is 0. The van der Waals surface area contributed by atoms with Gasteiger partial charge in [-0.1, -0.05) is 0 Å². The van der Waals surface area contributed by atoms with Crippen molar-refractivity contribution in [2.75, 3.05) is 0 Å². The van der Waals surface area contributed by atoms with E-state index in [-0.39, 0.29) is 16.6 Å². The molecule has 0 amide bonds. The Labute approximate surface area is 44.2 Å². The van der Waals surface area contributed by atoms with Gasteiger partial charge in [-0.2, -0.15) is 0 Å². The number of hydrogen-bond donors (Lipinski definition) is 3. The minimum absolute atomic E-state index is 0.160. The zero-order chi connectivity index (χ0) is 5.21. The fraction of sp³-hybridized carbons (Fsp3) is 0. The van der Waals surface area contributed by atoms with Crippen molar-refractivity contribution < 1.29 is 17.9 Å². The van der Waals surface area contributed by atoms with Crippen molar-refractivity contribution in [3.05, 3.63) is 0 Å². The first-order valence-corrected chi connectivity index (χ1v) is 3.85. The molecule has 0 heterocycles. The average Bonchev–Trinajstić information content (AvgIpc) is 1.35. The van der Waals surface area contributed by atoms with E-state index in [0.29, 0.717) is 0 Å². The van der Waals surface area contributed by atoms with Gasteiger partial charge < -0.3 is 17.9 Å². The Bertz CT molecular complexity index is 37.3. The van der Waals surface area contributed by atoms with Crippen LogP contribution in [0, 0.1) is 0 Å². The van der Waals surface area contributed by atoms with Gasteiger partial charge in [-0.3, -0.25) is 0 Å². The predicted molar refractivity (Wildman–Crippen MR) is 22.0 cm³/mol. The molecular formula is H5AlO4Si. The summed E-state index contributed by atoms with van der Waals surface area (Å²) in [5.41, 5.74) is 0. The second-order valence-corrected chi connectivity index (χ2v) is 3.56. The van der Waals surface area contributed by atoms with Crippen molar-refractivity contribution in [3.63, 3.8) is 0 Å².